The molecule has 0 saturated heterocycles. The van der Waals surface area contributed by atoms with Gasteiger partial charge in [0.05, 0.1) is 19.6 Å². The van der Waals surface area contributed by atoms with Crippen molar-refractivity contribution < 1.29 is 37.6 Å². The molecule has 0 bridgehead atoms. The molecule has 0 aliphatic heterocycles. The number of carbonyl (C=O) groups is 2. The average molecular weight is 312 g/mol. The summed E-state index contributed by atoms with van der Waals surface area (Å²) in [4.78, 5) is 31.5. The Morgan fingerprint density at radius 1 is 1.05 bits per heavy atom. The normalized spacial score (nSPS) is 13.8. The fourth-order valence-corrected chi connectivity index (χ4v) is 1.64. The maximum atomic E-state index is 11.4. The number of Topliss-reactive ketones (excluding diaryl/α,β-unsaturated/α-hetero) is 1. The van der Waals surface area contributed by atoms with Crippen molar-refractivity contribution in [1.29, 1.82) is 0 Å². The zero-order chi connectivity index (χ0) is 15.4. The lowest BCUT2D eigenvalue weighted by Crippen LogP contribution is -2.11. The molecule has 0 heterocycles. The van der Waals surface area contributed by atoms with Crippen molar-refractivity contribution in [2.45, 2.75) is 25.7 Å². The molecule has 118 valence electrons. The van der Waals surface area contributed by atoms with Crippen molar-refractivity contribution in [2.24, 2.45) is 0 Å². The third kappa shape index (κ3) is 11.1. The van der Waals surface area contributed by atoms with Gasteiger partial charge in [-0.15, -0.1) is 0 Å². The first-order chi connectivity index (χ1) is 9.41. The Bertz CT molecular complexity index is 343. The van der Waals surface area contributed by atoms with Crippen molar-refractivity contribution in [3.05, 3.63) is 0 Å². The van der Waals surface area contributed by atoms with Gasteiger partial charge in [0, 0.05) is 27.1 Å². The van der Waals surface area contributed by atoms with Crippen LogP contribution in [0.3, 0.4) is 0 Å². The van der Waals surface area contributed by atoms with Crippen LogP contribution in [0.15, 0.2) is 0 Å². The van der Waals surface area contributed by atoms with Crippen molar-refractivity contribution in [3.63, 3.8) is 0 Å². The van der Waals surface area contributed by atoms with E-state index in [4.69, 9.17) is 14.4 Å². The lowest BCUT2D eigenvalue weighted by atomic mass is 10.1. The first kappa shape index (κ1) is 19.2. The highest BCUT2D eigenvalue weighted by molar-refractivity contribution is 7.47. The second-order valence-electron chi connectivity index (χ2n) is 3.84. The van der Waals surface area contributed by atoms with Gasteiger partial charge in [-0.2, -0.15) is 0 Å². The third-order valence-corrected chi connectivity index (χ3v) is 3.21. The average Bonchev–Trinajstić information content (AvgIpc) is 2.42. The highest BCUT2D eigenvalue weighted by Crippen LogP contribution is 2.41. The molecule has 9 heteroatoms. The van der Waals surface area contributed by atoms with Crippen LogP contribution in [0.25, 0.3) is 0 Å². The summed E-state index contributed by atoms with van der Waals surface area (Å²) in [5.41, 5.74) is 0. The second-order valence-corrected chi connectivity index (χ2v) is 5.40. The van der Waals surface area contributed by atoms with Gasteiger partial charge in [-0.3, -0.25) is 18.6 Å². The number of esters is 1. The summed E-state index contributed by atoms with van der Waals surface area (Å²) in [6.07, 6.45) is 0.535. The highest BCUT2D eigenvalue weighted by Gasteiger charge is 2.17. The van der Waals surface area contributed by atoms with E-state index in [1.807, 2.05) is 0 Å². The molecular formula is C11H21O8P. The smallest absolute Gasteiger partial charge is 0.463 e. The standard InChI is InChI=1S/C11H21O8P/c1-16-8-9-18-11(13)6-5-10(12)4-3-7-19-20(14,15)17-2/h3-9H2,1-2H3,(H,14,15). The van der Waals surface area contributed by atoms with Gasteiger partial charge in [-0.05, 0) is 6.42 Å². The summed E-state index contributed by atoms with van der Waals surface area (Å²) in [6.45, 7) is 0.420. The molecule has 0 rings (SSSR count). The molecule has 0 amide bonds. The van der Waals surface area contributed by atoms with Crippen LogP contribution < -0.4 is 0 Å². The lowest BCUT2D eigenvalue weighted by Gasteiger charge is -2.08. The SMILES string of the molecule is COCCOC(=O)CCC(=O)CCCOP(=O)(O)OC. The Balaban J connectivity index is 3.59. The van der Waals surface area contributed by atoms with E-state index in [2.05, 4.69) is 9.05 Å². The number of hydrogen-bond donors (Lipinski definition) is 1. The van der Waals surface area contributed by atoms with Crippen molar-refractivity contribution in [3.8, 4) is 0 Å². The zero-order valence-corrected chi connectivity index (χ0v) is 12.6. The second kappa shape index (κ2) is 10.9. The number of phosphoric ester groups is 1. The molecule has 0 aromatic heterocycles. The predicted octanol–water partition coefficient (Wildman–Crippen LogP) is 1.07. The van der Waals surface area contributed by atoms with Gasteiger partial charge in [0.15, 0.2) is 0 Å². The van der Waals surface area contributed by atoms with Crippen LogP contribution in [0.2, 0.25) is 0 Å². The Hall–Kier alpha value is -0.790. The summed E-state index contributed by atoms with van der Waals surface area (Å²) in [5, 5.41) is 0. The fourth-order valence-electron chi connectivity index (χ4n) is 1.18. The van der Waals surface area contributed by atoms with Crippen LogP contribution in [0, 0.1) is 0 Å². The number of methoxy groups -OCH3 is 1. The molecule has 0 aromatic carbocycles. The molecule has 0 fully saturated rings. The van der Waals surface area contributed by atoms with Crippen molar-refractivity contribution in [1.82, 2.24) is 0 Å². The van der Waals surface area contributed by atoms with E-state index < -0.39 is 13.8 Å². The molecule has 8 nitrogen and oxygen atoms in total. The van der Waals surface area contributed by atoms with Gasteiger partial charge in [0.25, 0.3) is 0 Å². The molecule has 0 aromatic rings. The predicted molar refractivity (Wildman–Crippen MR) is 69.1 cm³/mol. The Labute approximate surface area is 118 Å². The van der Waals surface area contributed by atoms with Gasteiger partial charge in [-0.25, -0.2) is 4.57 Å². The molecule has 0 spiro atoms. The van der Waals surface area contributed by atoms with Crippen LogP contribution in [-0.4, -0.2) is 50.7 Å². The molecule has 0 saturated carbocycles. The number of ketones is 1. The molecule has 1 atom stereocenters. The first-order valence-corrected chi connectivity index (χ1v) is 7.60. The highest BCUT2D eigenvalue weighted by atomic mass is 31.2. The van der Waals surface area contributed by atoms with Gasteiger partial charge < -0.3 is 14.4 Å². The van der Waals surface area contributed by atoms with Gasteiger partial charge in [0.1, 0.15) is 12.4 Å². The summed E-state index contributed by atoms with van der Waals surface area (Å²) in [7, 11) is -1.43. The summed E-state index contributed by atoms with van der Waals surface area (Å²) in [6, 6.07) is 0. The molecule has 1 N–H and O–H groups in total. The van der Waals surface area contributed by atoms with E-state index in [1.54, 1.807) is 0 Å². The molecule has 20 heavy (non-hydrogen) atoms. The minimum Gasteiger partial charge on any atom is -0.463 e. The number of rotatable bonds is 12. The first-order valence-electron chi connectivity index (χ1n) is 6.10. The largest absolute Gasteiger partial charge is 0.471 e. The lowest BCUT2D eigenvalue weighted by molar-refractivity contribution is -0.146. The maximum Gasteiger partial charge on any atom is 0.471 e. The number of phosphoric acid groups is 1. The molecule has 0 aliphatic carbocycles. The molecule has 1 unspecified atom stereocenters. The Kier molecular flexibility index (Phi) is 10.5. The fraction of sp³-hybridized carbons (Fsp3) is 0.818. The van der Waals surface area contributed by atoms with Crippen LogP contribution in [0.1, 0.15) is 25.7 Å². The summed E-state index contributed by atoms with van der Waals surface area (Å²) < 4.78 is 29.2. The van der Waals surface area contributed by atoms with Crippen molar-refractivity contribution >= 4 is 19.6 Å². The van der Waals surface area contributed by atoms with Crippen LogP contribution >= 0.6 is 7.82 Å². The van der Waals surface area contributed by atoms with E-state index >= 15 is 0 Å². The number of carbonyl (C=O) groups excluding carboxylic acids is 2. The minimum atomic E-state index is -3.98. The maximum absolute atomic E-state index is 11.4. The van der Waals surface area contributed by atoms with Gasteiger partial charge >= 0.3 is 13.8 Å². The minimum absolute atomic E-state index is 0.0139. The molecule has 0 aliphatic rings. The van der Waals surface area contributed by atoms with E-state index in [-0.39, 0.29) is 44.7 Å². The quantitative estimate of drug-likeness (QED) is 0.324. The van der Waals surface area contributed by atoms with Crippen LogP contribution in [0.5, 0.6) is 0 Å². The van der Waals surface area contributed by atoms with Gasteiger partial charge in [0.2, 0.25) is 0 Å². The van der Waals surface area contributed by atoms with E-state index in [0.29, 0.717) is 6.61 Å². The monoisotopic (exact) mass is 312 g/mol. The molecule has 0 radical (unpaired) electrons. The summed E-state index contributed by atoms with van der Waals surface area (Å²) in [5.74, 6) is -0.589. The molecular weight excluding hydrogens is 291 g/mol. The Morgan fingerprint density at radius 2 is 1.75 bits per heavy atom. The van der Waals surface area contributed by atoms with E-state index in [1.165, 1.54) is 7.11 Å². The topological polar surface area (TPSA) is 108 Å². The Morgan fingerprint density at radius 3 is 2.35 bits per heavy atom. The number of ether oxygens (including phenoxy) is 2. The third-order valence-electron chi connectivity index (χ3n) is 2.24. The van der Waals surface area contributed by atoms with E-state index in [0.717, 1.165) is 7.11 Å². The van der Waals surface area contributed by atoms with Crippen molar-refractivity contribution in [2.75, 3.05) is 34.0 Å². The van der Waals surface area contributed by atoms with Gasteiger partial charge in [-0.1, -0.05) is 0 Å². The summed E-state index contributed by atoms with van der Waals surface area (Å²) >= 11 is 0. The number of hydrogen-bond acceptors (Lipinski definition) is 7. The van der Waals surface area contributed by atoms with E-state index in [9.17, 15) is 14.2 Å². The zero-order valence-electron chi connectivity index (χ0n) is 11.7. The van der Waals surface area contributed by atoms with Crippen LogP contribution in [0.4, 0.5) is 0 Å². The van der Waals surface area contributed by atoms with Crippen LogP contribution in [-0.2, 0) is 32.7 Å².